The third-order valence-corrected chi connectivity index (χ3v) is 3.68. The number of hydrogen-bond acceptors (Lipinski definition) is 5. The van der Waals surface area contributed by atoms with Gasteiger partial charge in [0.25, 0.3) is 0 Å². The Balaban J connectivity index is 1.98. The van der Waals surface area contributed by atoms with E-state index in [4.69, 9.17) is 19.5 Å². The molecule has 5 heteroatoms. The number of esters is 1. The third-order valence-electron chi connectivity index (χ3n) is 3.68. The Hall–Kier alpha value is -3.26. The first-order valence-corrected chi connectivity index (χ1v) is 8.67. The first-order chi connectivity index (χ1) is 13.0. The van der Waals surface area contributed by atoms with Crippen LogP contribution >= 0.6 is 0 Å². The zero-order valence-corrected chi connectivity index (χ0v) is 15.8. The maximum atomic E-state index is 11.9. The molecule has 0 aliphatic carbocycles. The van der Waals surface area contributed by atoms with Gasteiger partial charge in [0, 0.05) is 11.6 Å². The van der Waals surface area contributed by atoms with Crippen molar-refractivity contribution in [3.63, 3.8) is 0 Å². The van der Waals surface area contributed by atoms with E-state index in [1.165, 1.54) is 6.08 Å². The van der Waals surface area contributed by atoms with Gasteiger partial charge in [-0.3, -0.25) is 0 Å². The predicted octanol–water partition coefficient (Wildman–Crippen LogP) is 4.36. The Bertz CT molecular complexity index is 850. The number of nitrogens with zero attached hydrogens (tertiary/aromatic N) is 1. The normalized spacial score (nSPS) is 10.6. The summed E-state index contributed by atoms with van der Waals surface area (Å²) >= 11 is 0. The average molecular weight is 365 g/mol. The van der Waals surface area contributed by atoms with Gasteiger partial charge in [0.15, 0.2) is 11.5 Å². The molecule has 0 N–H and O–H groups in total. The summed E-state index contributed by atoms with van der Waals surface area (Å²) in [6.45, 7) is 4.80. The van der Waals surface area contributed by atoms with Crippen molar-refractivity contribution in [1.82, 2.24) is 0 Å². The summed E-state index contributed by atoms with van der Waals surface area (Å²) in [6, 6.07) is 14.5. The van der Waals surface area contributed by atoms with Gasteiger partial charge in [-0.25, -0.2) is 4.79 Å². The fourth-order valence-corrected chi connectivity index (χ4v) is 2.28. The van der Waals surface area contributed by atoms with E-state index in [0.29, 0.717) is 35.2 Å². The van der Waals surface area contributed by atoms with E-state index in [0.717, 1.165) is 5.56 Å². The lowest BCUT2D eigenvalue weighted by atomic mass is 10.1. The molecular weight excluding hydrogens is 342 g/mol. The number of carbonyl (C=O) groups is 1. The molecule has 27 heavy (non-hydrogen) atoms. The molecule has 2 aromatic rings. The summed E-state index contributed by atoms with van der Waals surface area (Å²) < 4.78 is 16.3. The molecule has 0 spiro atoms. The molecule has 0 bridgehead atoms. The lowest BCUT2D eigenvalue weighted by molar-refractivity contribution is -0.138. The molecule has 0 unspecified atom stereocenters. The minimum absolute atomic E-state index is 0.0538. The van der Waals surface area contributed by atoms with Crippen molar-refractivity contribution in [2.45, 2.75) is 20.5 Å². The summed E-state index contributed by atoms with van der Waals surface area (Å²) in [7, 11) is 1.58. The Kier molecular flexibility index (Phi) is 7.45. The second kappa shape index (κ2) is 10.0. The topological polar surface area (TPSA) is 68.5 Å². The second-order valence-electron chi connectivity index (χ2n) is 6.33. The highest BCUT2D eigenvalue weighted by atomic mass is 16.5. The van der Waals surface area contributed by atoms with E-state index in [9.17, 15) is 4.79 Å². The van der Waals surface area contributed by atoms with Crippen LogP contribution in [0.25, 0.3) is 6.08 Å². The number of ether oxygens (including phenoxy) is 3. The van der Waals surface area contributed by atoms with Crippen LogP contribution in [0.15, 0.2) is 48.5 Å². The SMILES string of the molecule is COc1cc(/C=C/C(=O)OCc2ccccc2C#N)ccc1OCC(C)C. The van der Waals surface area contributed by atoms with Crippen LogP contribution in [0, 0.1) is 17.2 Å². The highest BCUT2D eigenvalue weighted by Gasteiger charge is 2.07. The van der Waals surface area contributed by atoms with Crippen LogP contribution in [0.1, 0.15) is 30.5 Å². The van der Waals surface area contributed by atoms with Crippen LogP contribution in [-0.2, 0) is 16.1 Å². The van der Waals surface area contributed by atoms with Crippen molar-refractivity contribution in [2.24, 2.45) is 5.92 Å². The van der Waals surface area contributed by atoms with Crippen LogP contribution in [0.4, 0.5) is 0 Å². The molecule has 5 nitrogen and oxygen atoms in total. The number of carbonyl (C=O) groups excluding carboxylic acids is 1. The molecule has 0 saturated heterocycles. The lowest BCUT2D eigenvalue weighted by Crippen LogP contribution is -2.05. The van der Waals surface area contributed by atoms with Gasteiger partial charge in [-0.15, -0.1) is 0 Å². The number of hydrogen-bond donors (Lipinski definition) is 0. The van der Waals surface area contributed by atoms with Crippen LogP contribution in [0.3, 0.4) is 0 Å². The first kappa shape index (κ1) is 20.1. The number of methoxy groups -OCH3 is 1. The molecule has 140 valence electrons. The standard InChI is InChI=1S/C22H23NO4/c1-16(2)14-26-20-10-8-17(12-21(20)25-3)9-11-22(24)27-15-19-7-5-4-6-18(19)13-23/h4-12,16H,14-15H2,1-3H3/b11-9+. The van der Waals surface area contributed by atoms with Crippen molar-refractivity contribution in [1.29, 1.82) is 5.26 Å². The maximum absolute atomic E-state index is 11.9. The summed E-state index contributed by atoms with van der Waals surface area (Å²) in [5, 5.41) is 9.05. The maximum Gasteiger partial charge on any atom is 0.331 e. The van der Waals surface area contributed by atoms with Crippen LogP contribution in [0.2, 0.25) is 0 Å². The van der Waals surface area contributed by atoms with Gasteiger partial charge in [-0.05, 0) is 35.8 Å². The second-order valence-corrected chi connectivity index (χ2v) is 6.33. The fraction of sp³-hybridized carbons (Fsp3) is 0.273. The summed E-state index contributed by atoms with van der Waals surface area (Å²) in [4.78, 5) is 11.9. The highest BCUT2D eigenvalue weighted by molar-refractivity contribution is 5.87. The van der Waals surface area contributed by atoms with Crippen molar-refractivity contribution in [3.05, 3.63) is 65.2 Å². The van der Waals surface area contributed by atoms with Gasteiger partial charge >= 0.3 is 5.97 Å². The minimum atomic E-state index is -0.484. The zero-order valence-electron chi connectivity index (χ0n) is 15.8. The van der Waals surface area contributed by atoms with Gasteiger partial charge in [0.2, 0.25) is 0 Å². The highest BCUT2D eigenvalue weighted by Crippen LogP contribution is 2.29. The Labute approximate surface area is 159 Å². The summed E-state index contributed by atoms with van der Waals surface area (Å²) in [5.41, 5.74) is 1.96. The van der Waals surface area contributed by atoms with Gasteiger partial charge in [0.1, 0.15) is 6.61 Å². The first-order valence-electron chi connectivity index (χ1n) is 8.67. The Morgan fingerprint density at radius 3 is 2.67 bits per heavy atom. The molecule has 0 saturated carbocycles. The van der Waals surface area contributed by atoms with E-state index in [2.05, 4.69) is 19.9 Å². The van der Waals surface area contributed by atoms with E-state index in [1.54, 1.807) is 43.5 Å². The lowest BCUT2D eigenvalue weighted by Gasteiger charge is -2.12. The van der Waals surface area contributed by atoms with Crippen LogP contribution in [0.5, 0.6) is 11.5 Å². The molecule has 0 aliphatic rings. The monoisotopic (exact) mass is 365 g/mol. The molecular formula is C22H23NO4. The Morgan fingerprint density at radius 2 is 1.96 bits per heavy atom. The fourth-order valence-electron chi connectivity index (χ4n) is 2.28. The predicted molar refractivity (Wildman–Crippen MR) is 103 cm³/mol. The molecule has 0 heterocycles. The van der Waals surface area contributed by atoms with Gasteiger partial charge in [0.05, 0.1) is 25.3 Å². The van der Waals surface area contributed by atoms with Gasteiger partial charge in [-0.1, -0.05) is 38.1 Å². The minimum Gasteiger partial charge on any atom is -0.493 e. The average Bonchev–Trinajstić information content (AvgIpc) is 2.69. The number of benzene rings is 2. The largest absolute Gasteiger partial charge is 0.493 e. The summed E-state index contributed by atoms with van der Waals surface area (Å²) in [5.74, 6) is 1.20. The molecule has 0 fully saturated rings. The van der Waals surface area contributed by atoms with Crippen LogP contribution in [-0.4, -0.2) is 19.7 Å². The number of rotatable bonds is 8. The van der Waals surface area contributed by atoms with Crippen LogP contribution < -0.4 is 9.47 Å². The molecule has 2 aromatic carbocycles. The Morgan fingerprint density at radius 1 is 1.19 bits per heavy atom. The van der Waals surface area contributed by atoms with E-state index in [-0.39, 0.29) is 6.61 Å². The van der Waals surface area contributed by atoms with Crippen molar-refractivity contribution in [2.75, 3.05) is 13.7 Å². The molecule has 2 rings (SSSR count). The smallest absolute Gasteiger partial charge is 0.331 e. The quantitative estimate of drug-likeness (QED) is 0.514. The van der Waals surface area contributed by atoms with E-state index >= 15 is 0 Å². The van der Waals surface area contributed by atoms with E-state index < -0.39 is 5.97 Å². The molecule has 0 aliphatic heterocycles. The van der Waals surface area contributed by atoms with Gasteiger partial charge < -0.3 is 14.2 Å². The third kappa shape index (κ3) is 6.19. The zero-order chi connectivity index (χ0) is 19.6. The van der Waals surface area contributed by atoms with E-state index in [1.807, 2.05) is 12.1 Å². The number of nitriles is 1. The molecule has 0 amide bonds. The van der Waals surface area contributed by atoms with Gasteiger partial charge in [-0.2, -0.15) is 5.26 Å². The van der Waals surface area contributed by atoms with Crippen molar-refractivity contribution < 1.29 is 19.0 Å². The molecule has 0 aromatic heterocycles. The summed E-state index contributed by atoms with van der Waals surface area (Å²) in [6.07, 6.45) is 2.99. The molecule has 0 radical (unpaired) electrons. The van der Waals surface area contributed by atoms with Crippen molar-refractivity contribution in [3.8, 4) is 17.6 Å². The molecule has 0 atom stereocenters. The van der Waals surface area contributed by atoms with Crippen molar-refractivity contribution >= 4 is 12.0 Å².